The van der Waals surface area contributed by atoms with E-state index < -0.39 is 17.7 Å². The summed E-state index contributed by atoms with van der Waals surface area (Å²) in [7, 11) is 0. The van der Waals surface area contributed by atoms with Crippen LogP contribution < -0.4 is 10.9 Å². The molecule has 3 N–H and O–H groups in total. The van der Waals surface area contributed by atoms with Crippen molar-refractivity contribution in [3.8, 4) is 11.4 Å². The molecule has 2 heterocycles. The molecule has 0 spiro atoms. The molecule has 9 nitrogen and oxygen atoms in total. The first-order valence-corrected chi connectivity index (χ1v) is 9.76. The smallest absolute Gasteiger partial charge is 0.294 e. The highest BCUT2D eigenvalue weighted by molar-refractivity contribution is 5.97. The number of para-hydroxylation sites is 1. The average molecular weight is 397 g/mol. The van der Waals surface area contributed by atoms with Gasteiger partial charge in [0.1, 0.15) is 0 Å². The zero-order valence-electron chi connectivity index (χ0n) is 15.9. The maximum absolute atomic E-state index is 12.4. The van der Waals surface area contributed by atoms with E-state index in [1.807, 2.05) is 18.2 Å². The average Bonchev–Trinajstić information content (AvgIpc) is 3.46. The van der Waals surface area contributed by atoms with Gasteiger partial charge in [-0.1, -0.05) is 31.0 Å². The van der Waals surface area contributed by atoms with Gasteiger partial charge in [0.25, 0.3) is 5.91 Å². The van der Waals surface area contributed by atoms with Crippen LogP contribution in [0.3, 0.4) is 0 Å². The first-order valence-electron chi connectivity index (χ1n) is 9.76. The summed E-state index contributed by atoms with van der Waals surface area (Å²) in [4.78, 5) is 38.8. The van der Waals surface area contributed by atoms with Gasteiger partial charge < -0.3 is 10.0 Å². The molecule has 9 heteroatoms. The van der Waals surface area contributed by atoms with Gasteiger partial charge in [-0.25, -0.2) is 4.68 Å². The van der Waals surface area contributed by atoms with Crippen molar-refractivity contribution in [1.29, 1.82) is 0 Å². The van der Waals surface area contributed by atoms with Crippen LogP contribution in [0.15, 0.2) is 36.5 Å². The molecule has 1 aromatic carbocycles. The molecule has 2 aromatic rings. The molecule has 1 aromatic heterocycles. The SMILES string of the molecule is O=C(NNC(=O)C1CC(=O)N(C2CCCC2)C1)c1nn(-c2ccccc2)cc1O. The Morgan fingerprint density at radius 1 is 1.10 bits per heavy atom. The van der Waals surface area contributed by atoms with E-state index in [0.29, 0.717) is 12.2 Å². The van der Waals surface area contributed by atoms with Crippen molar-refractivity contribution in [3.05, 3.63) is 42.2 Å². The molecular weight excluding hydrogens is 374 g/mol. The van der Waals surface area contributed by atoms with Gasteiger partial charge in [-0.3, -0.25) is 25.2 Å². The number of carbonyl (C=O) groups excluding carboxylic acids is 3. The van der Waals surface area contributed by atoms with Gasteiger partial charge in [-0.2, -0.15) is 5.10 Å². The summed E-state index contributed by atoms with van der Waals surface area (Å²) >= 11 is 0. The largest absolute Gasteiger partial charge is 0.504 e. The monoisotopic (exact) mass is 397 g/mol. The summed E-state index contributed by atoms with van der Waals surface area (Å²) < 4.78 is 1.38. The molecule has 1 atom stereocenters. The first kappa shape index (κ1) is 19.0. The summed E-state index contributed by atoms with van der Waals surface area (Å²) in [5, 5.41) is 14.1. The Morgan fingerprint density at radius 3 is 2.55 bits per heavy atom. The fraction of sp³-hybridized carbons (Fsp3) is 0.400. The molecular formula is C20H23N5O4. The number of aromatic hydroxyl groups is 1. The van der Waals surface area contributed by atoms with Crippen molar-refractivity contribution in [2.75, 3.05) is 6.54 Å². The van der Waals surface area contributed by atoms with Gasteiger partial charge in [0.2, 0.25) is 11.8 Å². The van der Waals surface area contributed by atoms with E-state index in [9.17, 15) is 19.5 Å². The van der Waals surface area contributed by atoms with Crippen LogP contribution in [0.5, 0.6) is 5.75 Å². The molecule has 0 bridgehead atoms. The zero-order chi connectivity index (χ0) is 20.4. The Morgan fingerprint density at radius 2 is 1.83 bits per heavy atom. The molecule has 29 heavy (non-hydrogen) atoms. The minimum absolute atomic E-state index is 0.0115. The number of hydrogen-bond acceptors (Lipinski definition) is 5. The molecule has 4 rings (SSSR count). The van der Waals surface area contributed by atoms with Crippen molar-refractivity contribution >= 4 is 17.7 Å². The van der Waals surface area contributed by atoms with Crippen LogP contribution in [0.1, 0.15) is 42.6 Å². The molecule has 2 fully saturated rings. The summed E-state index contributed by atoms with van der Waals surface area (Å²) in [5.74, 6) is -1.97. The molecule has 1 unspecified atom stereocenters. The normalized spacial score (nSPS) is 19.5. The maximum Gasteiger partial charge on any atom is 0.294 e. The lowest BCUT2D eigenvalue weighted by Gasteiger charge is -2.23. The second-order valence-corrected chi connectivity index (χ2v) is 7.47. The van der Waals surface area contributed by atoms with E-state index in [-0.39, 0.29) is 29.8 Å². The predicted molar refractivity (Wildman–Crippen MR) is 103 cm³/mol. The lowest BCUT2D eigenvalue weighted by atomic mass is 10.1. The van der Waals surface area contributed by atoms with E-state index in [1.165, 1.54) is 10.9 Å². The Balaban J connectivity index is 1.34. The molecule has 3 amide bonds. The topological polar surface area (TPSA) is 117 Å². The van der Waals surface area contributed by atoms with Crippen LogP contribution in [-0.2, 0) is 9.59 Å². The van der Waals surface area contributed by atoms with Crippen molar-refractivity contribution in [3.63, 3.8) is 0 Å². The lowest BCUT2D eigenvalue weighted by Crippen LogP contribution is -2.45. The highest BCUT2D eigenvalue weighted by atomic mass is 16.3. The number of amides is 3. The summed E-state index contributed by atoms with van der Waals surface area (Å²) in [6.45, 7) is 0.374. The van der Waals surface area contributed by atoms with Gasteiger partial charge in [0, 0.05) is 19.0 Å². The van der Waals surface area contributed by atoms with Gasteiger partial charge in [0.05, 0.1) is 17.8 Å². The number of carbonyl (C=O) groups is 3. The molecule has 152 valence electrons. The number of nitrogens with one attached hydrogen (secondary N) is 2. The van der Waals surface area contributed by atoms with Crippen molar-refractivity contribution in [2.24, 2.45) is 5.92 Å². The van der Waals surface area contributed by atoms with Crippen molar-refractivity contribution < 1.29 is 19.5 Å². The molecule has 1 aliphatic carbocycles. The number of nitrogens with zero attached hydrogens (tertiary/aromatic N) is 3. The zero-order valence-corrected chi connectivity index (χ0v) is 15.9. The van der Waals surface area contributed by atoms with E-state index in [2.05, 4.69) is 16.0 Å². The standard InChI is InChI=1S/C20H23N5O4/c26-16-12-25(15-8-2-1-3-9-15)23-18(16)20(29)22-21-19(28)13-10-17(27)24(11-13)14-6-4-5-7-14/h1-3,8-9,12-14,26H,4-7,10-11H2,(H,21,28)(H,22,29). The number of hydrogen-bond donors (Lipinski definition) is 3. The highest BCUT2D eigenvalue weighted by Crippen LogP contribution is 2.29. The Kier molecular flexibility index (Phi) is 5.20. The van der Waals surface area contributed by atoms with Crippen molar-refractivity contribution in [1.82, 2.24) is 25.5 Å². The number of rotatable bonds is 4. The highest BCUT2D eigenvalue weighted by Gasteiger charge is 2.38. The third-order valence-electron chi connectivity index (χ3n) is 5.52. The molecule has 2 aliphatic rings. The molecule has 1 saturated heterocycles. The van der Waals surface area contributed by atoms with E-state index in [0.717, 1.165) is 25.7 Å². The van der Waals surface area contributed by atoms with Gasteiger partial charge in [-0.15, -0.1) is 0 Å². The number of aromatic nitrogens is 2. The van der Waals surface area contributed by atoms with E-state index in [1.54, 1.807) is 17.0 Å². The first-order chi connectivity index (χ1) is 14.0. The van der Waals surface area contributed by atoms with Crippen molar-refractivity contribution in [2.45, 2.75) is 38.1 Å². The fourth-order valence-corrected chi connectivity index (χ4v) is 4.00. The lowest BCUT2D eigenvalue weighted by molar-refractivity contribution is -0.130. The van der Waals surface area contributed by atoms with Crippen LogP contribution in [0.4, 0.5) is 0 Å². The van der Waals surface area contributed by atoms with Crippen LogP contribution in [0.2, 0.25) is 0 Å². The second-order valence-electron chi connectivity index (χ2n) is 7.47. The van der Waals surface area contributed by atoms with E-state index >= 15 is 0 Å². The van der Waals surface area contributed by atoms with Crippen LogP contribution in [0, 0.1) is 5.92 Å². The van der Waals surface area contributed by atoms with Crippen LogP contribution in [0.25, 0.3) is 5.69 Å². The Hall–Kier alpha value is -3.36. The van der Waals surface area contributed by atoms with Gasteiger partial charge in [0.15, 0.2) is 11.4 Å². The Bertz CT molecular complexity index is 920. The number of benzene rings is 1. The van der Waals surface area contributed by atoms with Crippen LogP contribution >= 0.6 is 0 Å². The van der Waals surface area contributed by atoms with Gasteiger partial charge in [-0.05, 0) is 25.0 Å². The minimum atomic E-state index is -0.734. The summed E-state index contributed by atoms with van der Waals surface area (Å²) in [5.41, 5.74) is 5.11. The third kappa shape index (κ3) is 3.94. The molecule has 1 aliphatic heterocycles. The number of hydrazine groups is 1. The molecule has 0 radical (unpaired) electrons. The third-order valence-corrected chi connectivity index (χ3v) is 5.52. The Labute approximate surface area is 167 Å². The second kappa shape index (κ2) is 7.94. The quantitative estimate of drug-likeness (QED) is 0.669. The van der Waals surface area contributed by atoms with Gasteiger partial charge >= 0.3 is 0 Å². The molecule has 1 saturated carbocycles. The summed E-state index contributed by atoms with van der Waals surface area (Å²) in [6, 6.07) is 9.26. The predicted octanol–water partition coefficient (Wildman–Crippen LogP) is 1.13. The fourth-order valence-electron chi connectivity index (χ4n) is 4.00. The minimum Gasteiger partial charge on any atom is -0.504 e. The van der Waals surface area contributed by atoms with Crippen LogP contribution in [-0.4, -0.2) is 50.1 Å². The van der Waals surface area contributed by atoms with E-state index in [4.69, 9.17) is 0 Å². The number of likely N-dealkylation sites (tertiary alicyclic amines) is 1. The summed E-state index contributed by atoms with van der Waals surface area (Å²) in [6.07, 6.45) is 5.66. The maximum atomic E-state index is 12.4.